The van der Waals surface area contributed by atoms with Crippen molar-refractivity contribution in [2.75, 3.05) is 19.6 Å². The molecule has 1 fully saturated rings. The van der Waals surface area contributed by atoms with Gasteiger partial charge < -0.3 is 20.8 Å². The maximum absolute atomic E-state index is 11.8. The Morgan fingerprint density at radius 3 is 2.94 bits per heavy atom. The Labute approximate surface area is 99.5 Å². The van der Waals surface area contributed by atoms with Crippen molar-refractivity contribution in [1.29, 1.82) is 0 Å². The smallest absolute Gasteiger partial charge is 0.255 e. The molecule has 92 valence electrons. The third-order valence-corrected chi connectivity index (χ3v) is 2.94. The van der Waals surface area contributed by atoms with Crippen LogP contribution in [0.2, 0.25) is 0 Å². The molecule has 4 N–H and O–H groups in total. The van der Waals surface area contributed by atoms with E-state index in [1.54, 1.807) is 0 Å². The number of aromatic hydroxyl groups is 2. The van der Waals surface area contributed by atoms with E-state index in [9.17, 15) is 9.90 Å². The normalized spacial score (nSPS) is 19.2. The molecule has 1 aliphatic heterocycles. The van der Waals surface area contributed by atoms with Crippen molar-refractivity contribution in [3.63, 3.8) is 0 Å². The Hall–Kier alpha value is -1.75. The fraction of sp³-hybridized carbons (Fsp3) is 0.417. The van der Waals surface area contributed by atoms with Crippen molar-refractivity contribution in [2.24, 2.45) is 5.92 Å². The zero-order chi connectivity index (χ0) is 12.3. The summed E-state index contributed by atoms with van der Waals surface area (Å²) >= 11 is 0. The largest absolute Gasteiger partial charge is 0.508 e. The van der Waals surface area contributed by atoms with Crippen LogP contribution in [0.3, 0.4) is 0 Å². The Morgan fingerprint density at radius 1 is 1.47 bits per heavy atom. The average Bonchev–Trinajstić information content (AvgIpc) is 2.78. The van der Waals surface area contributed by atoms with Gasteiger partial charge in [-0.15, -0.1) is 0 Å². The molecule has 1 unspecified atom stereocenters. The fourth-order valence-corrected chi connectivity index (χ4v) is 1.93. The zero-order valence-corrected chi connectivity index (χ0v) is 9.44. The maximum atomic E-state index is 11.8. The van der Waals surface area contributed by atoms with Gasteiger partial charge in [0.15, 0.2) is 0 Å². The molecule has 1 atom stereocenters. The lowest BCUT2D eigenvalue weighted by Gasteiger charge is -2.10. The van der Waals surface area contributed by atoms with Crippen molar-refractivity contribution < 1.29 is 15.0 Å². The molecule has 5 nitrogen and oxygen atoms in total. The minimum atomic E-state index is -0.311. The number of hydrogen-bond acceptors (Lipinski definition) is 4. The molecule has 1 saturated heterocycles. The third-order valence-electron chi connectivity index (χ3n) is 2.94. The van der Waals surface area contributed by atoms with Gasteiger partial charge in [-0.25, -0.2) is 0 Å². The molecule has 1 amide bonds. The van der Waals surface area contributed by atoms with Crippen LogP contribution >= 0.6 is 0 Å². The second-order valence-electron chi connectivity index (χ2n) is 4.27. The molecule has 5 heteroatoms. The number of nitrogens with one attached hydrogen (secondary N) is 2. The van der Waals surface area contributed by atoms with Gasteiger partial charge in [0.2, 0.25) is 0 Å². The van der Waals surface area contributed by atoms with Crippen LogP contribution in [0.15, 0.2) is 18.2 Å². The summed E-state index contributed by atoms with van der Waals surface area (Å²) in [6.07, 6.45) is 1.06. The highest BCUT2D eigenvalue weighted by atomic mass is 16.3. The molecule has 0 aliphatic carbocycles. The predicted molar refractivity (Wildman–Crippen MR) is 63.1 cm³/mol. The lowest BCUT2D eigenvalue weighted by molar-refractivity contribution is 0.0945. The number of rotatable bonds is 3. The van der Waals surface area contributed by atoms with E-state index in [0.29, 0.717) is 12.5 Å². The number of carbonyl (C=O) groups is 1. The van der Waals surface area contributed by atoms with Crippen LogP contribution in [0.5, 0.6) is 11.5 Å². The van der Waals surface area contributed by atoms with Crippen molar-refractivity contribution in [3.8, 4) is 11.5 Å². The quantitative estimate of drug-likeness (QED) is 0.613. The summed E-state index contributed by atoms with van der Waals surface area (Å²) in [4.78, 5) is 11.8. The van der Waals surface area contributed by atoms with Crippen LogP contribution in [0.4, 0.5) is 0 Å². The Morgan fingerprint density at radius 2 is 2.29 bits per heavy atom. The first kappa shape index (κ1) is 11.7. The molecule has 1 aromatic carbocycles. The SMILES string of the molecule is O=C(NCC1CCNC1)c1ccc(O)cc1O. The Balaban J connectivity index is 1.94. The van der Waals surface area contributed by atoms with E-state index in [1.807, 2.05) is 0 Å². The highest BCUT2D eigenvalue weighted by molar-refractivity contribution is 5.96. The van der Waals surface area contributed by atoms with Crippen molar-refractivity contribution >= 4 is 5.91 Å². The van der Waals surface area contributed by atoms with Crippen LogP contribution in [0, 0.1) is 5.92 Å². The predicted octanol–water partition coefficient (Wildman–Crippen LogP) is 0.437. The molecular weight excluding hydrogens is 220 g/mol. The first-order chi connectivity index (χ1) is 8.16. The van der Waals surface area contributed by atoms with Crippen LogP contribution in [-0.4, -0.2) is 35.8 Å². The van der Waals surface area contributed by atoms with E-state index in [-0.39, 0.29) is 23.0 Å². The second kappa shape index (κ2) is 5.05. The molecule has 1 heterocycles. The summed E-state index contributed by atoms with van der Waals surface area (Å²) in [6, 6.07) is 3.95. The first-order valence-corrected chi connectivity index (χ1v) is 5.67. The molecule has 0 bridgehead atoms. The summed E-state index contributed by atoms with van der Waals surface area (Å²) in [6.45, 7) is 2.51. The summed E-state index contributed by atoms with van der Waals surface area (Å²) < 4.78 is 0. The zero-order valence-electron chi connectivity index (χ0n) is 9.44. The van der Waals surface area contributed by atoms with Gasteiger partial charge in [0.1, 0.15) is 11.5 Å². The summed E-state index contributed by atoms with van der Waals surface area (Å²) in [7, 11) is 0. The average molecular weight is 236 g/mol. The van der Waals surface area contributed by atoms with Gasteiger partial charge in [0.05, 0.1) is 5.56 Å². The number of phenols is 2. The monoisotopic (exact) mass is 236 g/mol. The van der Waals surface area contributed by atoms with E-state index in [0.717, 1.165) is 25.6 Å². The molecule has 17 heavy (non-hydrogen) atoms. The number of amides is 1. The molecule has 0 saturated carbocycles. The fourth-order valence-electron chi connectivity index (χ4n) is 1.93. The Kier molecular flexibility index (Phi) is 3.49. The molecule has 0 spiro atoms. The number of carbonyl (C=O) groups excluding carboxylic acids is 1. The minimum Gasteiger partial charge on any atom is -0.508 e. The summed E-state index contributed by atoms with van der Waals surface area (Å²) in [5, 5.41) is 24.6. The van der Waals surface area contributed by atoms with Crippen LogP contribution in [0.25, 0.3) is 0 Å². The highest BCUT2D eigenvalue weighted by Crippen LogP contribution is 2.22. The van der Waals surface area contributed by atoms with E-state index in [1.165, 1.54) is 12.1 Å². The van der Waals surface area contributed by atoms with Gasteiger partial charge in [-0.05, 0) is 37.6 Å². The van der Waals surface area contributed by atoms with Crippen molar-refractivity contribution in [3.05, 3.63) is 23.8 Å². The van der Waals surface area contributed by atoms with Crippen molar-refractivity contribution in [1.82, 2.24) is 10.6 Å². The molecule has 1 aliphatic rings. The van der Waals surface area contributed by atoms with Gasteiger partial charge in [-0.1, -0.05) is 0 Å². The second-order valence-corrected chi connectivity index (χ2v) is 4.27. The summed E-state index contributed by atoms with van der Waals surface area (Å²) in [5.74, 6) is -0.112. The molecule has 2 rings (SSSR count). The number of hydrogen-bond donors (Lipinski definition) is 4. The van der Waals surface area contributed by atoms with Crippen LogP contribution in [-0.2, 0) is 0 Å². The molecule has 0 radical (unpaired) electrons. The van der Waals surface area contributed by atoms with Gasteiger partial charge in [-0.3, -0.25) is 4.79 Å². The third kappa shape index (κ3) is 2.88. The summed E-state index contributed by atoms with van der Waals surface area (Å²) in [5.41, 5.74) is 0.189. The van der Waals surface area contributed by atoms with Crippen LogP contribution in [0.1, 0.15) is 16.8 Å². The first-order valence-electron chi connectivity index (χ1n) is 5.67. The number of benzene rings is 1. The minimum absolute atomic E-state index is 0.0564. The standard InChI is InChI=1S/C12H16N2O3/c15-9-1-2-10(11(16)5-9)12(17)14-7-8-3-4-13-6-8/h1-2,5,8,13,15-16H,3-4,6-7H2,(H,14,17). The Bertz CT molecular complexity index is 414. The van der Waals surface area contributed by atoms with Gasteiger partial charge in [0.25, 0.3) is 5.91 Å². The lowest BCUT2D eigenvalue weighted by Crippen LogP contribution is -2.30. The van der Waals surface area contributed by atoms with Crippen LogP contribution < -0.4 is 10.6 Å². The lowest BCUT2D eigenvalue weighted by atomic mass is 10.1. The van der Waals surface area contributed by atoms with Gasteiger partial charge in [0, 0.05) is 12.6 Å². The van der Waals surface area contributed by atoms with E-state index in [2.05, 4.69) is 10.6 Å². The highest BCUT2D eigenvalue weighted by Gasteiger charge is 2.17. The van der Waals surface area contributed by atoms with E-state index < -0.39 is 0 Å². The van der Waals surface area contributed by atoms with Gasteiger partial charge >= 0.3 is 0 Å². The topological polar surface area (TPSA) is 81.6 Å². The van der Waals surface area contributed by atoms with Crippen molar-refractivity contribution in [2.45, 2.75) is 6.42 Å². The van der Waals surface area contributed by atoms with E-state index >= 15 is 0 Å². The maximum Gasteiger partial charge on any atom is 0.255 e. The van der Waals surface area contributed by atoms with E-state index in [4.69, 9.17) is 5.11 Å². The van der Waals surface area contributed by atoms with Gasteiger partial charge in [-0.2, -0.15) is 0 Å². The number of phenolic OH excluding ortho intramolecular Hbond substituents is 2. The molecule has 1 aromatic rings. The molecular formula is C12H16N2O3. The molecule has 0 aromatic heterocycles.